The lowest BCUT2D eigenvalue weighted by atomic mass is 10.1. The van der Waals surface area contributed by atoms with Crippen LogP contribution in [0.25, 0.3) is 0 Å². The smallest absolute Gasteiger partial charge is 0.228 e. The van der Waals surface area contributed by atoms with E-state index in [2.05, 4.69) is 16.0 Å². The molecule has 3 rings (SSSR count). The zero-order chi connectivity index (χ0) is 19.4. The van der Waals surface area contributed by atoms with Crippen LogP contribution in [0.3, 0.4) is 0 Å². The van der Waals surface area contributed by atoms with Crippen molar-refractivity contribution in [3.8, 4) is 0 Å². The number of carbonyl (C=O) groups is 3. The van der Waals surface area contributed by atoms with Crippen LogP contribution in [0.5, 0.6) is 0 Å². The second-order valence-corrected chi connectivity index (χ2v) is 6.84. The number of nitrogens with one attached hydrogen (secondary N) is 3. The fourth-order valence-electron chi connectivity index (χ4n) is 2.97. The lowest BCUT2D eigenvalue weighted by Gasteiger charge is -2.08. The Hall–Kier alpha value is -3.15. The van der Waals surface area contributed by atoms with E-state index < -0.39 is 0 Å². The van der Waals surface area contributed by atoms with Gasteiger partial charge in [0.15, 0.2) is 0 Å². The van der Waals surface area contributed by atoms with Gasteiger partial charge in [-0.1, -0.05) is 24.3 Å². The molecule has 140 valence electrons. The van der Waals surface area contributed by atoms with Crippen LogP contribution in [0, 0.1) is 18.8 Å². The van der Waals surface area contributed by atoms with Crippen molar-refractivity contribution in [2.45, 2.75) is 26.8 Å². The Kier molecular flexibility index (Phi) is 5.54. The highest BCUT2D eigenvalue weighted by molar-refractivity contribution is 5.99. The fourth-order valence-corrected chi connectivity index (χ4v) is 2.97. The van der Waals surface area contributed by atoms with Crippen molar-refractivity contribution in [2.24, 2.45) is 11.8 Å². The van der Waals surface area contributed by atoms with Gasteiger partial charge in [0.2, 0.25) is 17.7 Å². The van der Waals surface area contributed by atoms with Crippen molar-refractivity contribution < 1.29 is 14.4 Å². The first kappa shape index (κ1) is 18.6. The number of aryl methyl sites for hydroxylation is 1. The maximum atomic E-state index is 12.3. The molecule has 1 aliphatic rings. The Morgan fingerprint density at radius 2 is 1.48 bits per heavy atom. The molecule has 0 aromatic heterocycles. The van der Waals surface area contributed by atoms with Crippen molar-refractivity contribution in [1.29, 1.82) is 0 Å². The van der Waals surface area contributed by atoms with Crippen LogP contribution in [0.4, 0.5) is 11.4 Å². The van der Waals surface area contributed by atoms with Gasteiger partial charge in [-0.3, -0.25) is 14.4 Å². The maximum absolute atomic E-state index is 12.3. The normalized spacial score (nSPS) is 17.7. The second kappa shape index (κ2) is 8.03. The van der Waals surface area contributed by atoms with Gasteiger partial charge in [-0.05, 0) is 48.7 Å². The van der Waals surface area contributed by atoms with Gasteiger partial charge < -0.3 is 16.0 Å². The van der Waals surface area contributed by atoms with Crippen molar-refractivity contribution >= 4 is 29.1 Å². The monoisotopic (exact) mass is 365 g/mol. The van der Waals surface area contributed by atoms with E-state index in [0.717, 1.165) is 11.1 Å². The second-order valence-electron chi connectivity index (χ2n) is 6.84. The molecule has 0 saturated heterocycles. The molecule has 1 saturated carbocycles. The summed E-state index contributed by atoms with van der Waals surface area (Å²) in [6.45, 7) is 3.92. The maximum Gasteiger partial charge on any atom is 0.228 e. The first-order valence-corrected chi connectivity index (χ1v) is 8.95. The summed E-state index contributed by atoms with van der Waals surface area (Å²) in [6, 6.07) is 14.8. The molecule has 1 fully saturated rings. The van der Waals surface area contributed by atoms with Crippen LogP contribution < -0.4 is 16.0 Å². The summed E-state index contributed by atoms with van der Waals surface area (Å²) >= 11 is 0. The number of carbonyl (C=O) groups excluding carboxylic acids is 3. The Balaban J connectivity index is 1.47. The third-order valence-electron chi connectivity index (χ3n) is 4.65. The highest BCUT2D eigenvalue weighted by Gasteiger charge is 2.47. The summed E-state index contributed by atoms with van der Waals surface area (Å²) in [6.07, 6.45) is 0.565. The van der Waals surface area contributed by atoms with Gasteiger partial charge >= 0.3 is 0 Å². The topological polar surface area (TPSA) is 87.3 Å². The minimum atomic E-state index is -0.295. The number of hydrogen-bond donors (Lipinski definition) is 3. The molecule has 0 aliphatic heterocycles. The molecule has 2 aromatic rings. The first-order valence-electron chi connectivity index (χ1n) is 8.95. The summed E-state index contributed by atoms with van der Waals surface area (Å²) in [5.74, 6) is -0.952. The lowest BCUT2D eigenvalue weighted by molar-refractivity contribution is -0.125. The van der Waals surface area contributed by atoms with Crippen LogP contribution in [-0.2, 0) is 20.9 Å². The minimum Gasteiger partial charge on any atom is -0.352 e. The van der Waals surface area contributed by atoms with Gasteiger partial charge in [0.1, 0.15) is 0 Å². The minimum absolute atomic E-state index is 0.0839. The molecule has 0 radical (unpaired) electrons. The van der Waals surface area contributed by atoms with E-state index in [4.69, 9.17) is 0 Å². The Morgan fingerprint density at radius 3 is 2.11 bits per heavy atom. The van der Waals surface area contributed by atoms with E-state index in [1.165, 1.54) is 6.92 Å². The summed E-state index contributed by atoms with van der Waals surface area (Å²) in [4.78, 5) is 35.6. The molecule has 2 atom stereocenters. The molecule has 6 nitrogen and oxygen atoms in total. The van der Waals surface area contributed by atoms with Gasteiger partial charge in [-0.15, -0.1) is 0 Å². The van der Waals surface area contributed by atoms with E-state index in [0.29, 0.717) is 24.3 Å². The number of rotatable bonds is 6. The van der Waals surface area contributed by atoms with E-state index in [-0.39, 0.29) is 29.6 Å². The summed E-state index contributed by atoms with van der Waals surface area (Å²) in [5.41, 5.74) is 3.51. The van der Waals surface area contributed by atoms with Crippen LogP contribution in [0.1, 0.15) is 24.5 Å². The molecule has 27 heavy (non-hydrogen) atoms. The number of anilines is 2. The quantitative estimate of drug-likeness (QED) is 0.736. The van der Waals surface area contributed by atoms with Crippen LogP contribution in [0.15, 0.2) is 48.5 Å². The zero-order valence-corrected chi connectivity index (χ0v) is 15.4. The lowest BCUT2D eigenvalue weighted by Crippen LogP contribution is -2.27. The molecule has 0 bridgehead atoms. The van der Waals surface area contributed by atoms with Gasteiger partial charge in [-0.2, -0.15) is 0 Å². The molecule has 2 aromatic carbocycles. The highest BCUT2D eigenvalue weighted by Crippen LogP contribution is 2.39. The fraction of sp³-hybridized carbons (Fsp3) is 0.286. The molecular weight excluding hydrogens is 342 g/mol. The van der Waals surface area contributed by atoms with Crippen LogP contribution in [-0.4, -0.2) is 17.7 Å². The highest BCUT2D eigenvalue weighted by atomic mass is 16.2. The zero-order valence-electron chi connectivity index (χ0n) is 15.4. The third-order valence-corrected chi connectivity index (χ3v) is 4.65. The van der Waals surface area contributed by atoms with Crippen molar-refractivity contribution in [3.05, 3.63) is 59.7 Å². The van der Waals surface area contributed by atoms with E-state index in [1.807, 2.05) is 31.2 Å². The van der Waals surface area contributed by atoms with Gasteiger partial charge in [0.05, 0.1) is 11.8 Å². The molecule has 6 heteroatoms. The predicted octanol–water partition coefficient (Wildman–Crippen LogP) is 2.84. The predicted molar refractivity (Wildman–Crippen MR) is 104 cm³/mol. The first-order chi connectivity index (χ1) is 12.9. The van der Waals surface area contributed by atoms with Crippen LogP contribution >= 0.6 is 0 Å². The Morgan fingerprint density at radius 1 is 0.889 bits per heavy atom. The molecule has 1 aliphatic carbocycles. The van der Waals surface area contributed by atoms with Gasteiger partial charge in [0.25, 0.3) is 0 Å². The molecule has 0 heterocycles. The molecule has 0 spiro atoms. The van der Waals surface area contributed by atoms with E-state index in [9.17, 15) is 14.4 Å². The average Bonchev–Trinajstić information content (AvgIpc) is 3.43. The molecular formula is C21H23N3O3. The molecule has 3 amide bonds. The van der Waals surface area contributed by atoms with Crippen molar-refractivity contribution in [3.63, 3.8) is 0 Å². The van der Waals surface area contributed by atoms with Crippen molar-refractivity contribution in [1.82, 2.24) is 5.32 Å². The number of amides is 3. The average molecular weight is 365 g/mol. The summed E-state index contributed by atoms with van der Waals surface area (Å²) in [7, 11) is 0. The van der Waals surface area contributed by atoms with Crippen LogP contribution in [0.2, 0.25) is 0 Å². The van der Waals surface area contributed by atoms with E-state index >= 15 is 0 Å². The third kappa shape index (κ3) is 4.94. The Bertz CT molecular complexity index is 861. The van der Waals surface area contributed by atoms with E-state index in [1.54, 1.807) is 24.3 Å². The standard InChI is InChI=1S/C21H23N3O3/c1-13-5-3-4-6-15(13)12-22-20(26)18-11-19(18)21(27)24-17-9-7-16(8-10-17)23-14(2)25/h3-10,18-19H,11-12H2,1-2H3,(H,22,26)(H,23,25)(H,24,27). The number of benzene rings is 2. The number of hydrogen-bond acceptors (Lipinski definition) is 3. The van der Waals surface area contributed by atoms with Gasteiger partial charge in [-0.25, -0.2) is 0 Å². The summed E-state index contributed by atoms with van der Waals surface area (Å²) in [5, 5.41) is 8.41. The summed E-state index contributed by atoms with van der Waals surface area (Å²) < 4.78 is 0. The van der Waals surface area contributed by atoms with Crippen molar-refractivity contribution in [2.75, 3.05) is 10.6 Å². The molecule has 3 N–H and O–H groups in total. The van der Waals surface area contributed by atoms with Gasteiger partial charge in [0, 0.05) is 24.8 Å². The largest absolute Gasteiger partial charge is 0.352 e. The Labute approximate surface area is 158 Å². The SMILES string of the molecule is CC(=O)Nc1ccc(NC(=O)C2CC2C(=O)NCc2ccccc2C)cc1. The molecule has 2 unspecified atom stereocenters.